The van der Waals surface area contributed by atoms with E-state index in [0.717, 1.165) is 33.9 Å². The van der Waals surface area contributed by atoms with Gasteiger partial charge in [0.1, 0.15) is 0 Å². The summed E-state index contributed by atoms with van der Waals surface area (Å²) >= 11 is 0. The van der Waals surface area contributed by atoms with Gasteiger partial charge in [-0.1, -0.05) is 24.3 Å². The van der Waals surface area contributed by atoms with Gasteiger partial charge in [0.05, 0.1) is 48.8 Å². The number of fused-ring (bicyclic) bond motifs is 2. The van der Waals surface area contributed by atoms with E-state index in [0.29, 0.717) is 36.0 Å². The number of carbonyl (C=O) groups excluding carboxylic acids is 2. The number of hydrogen-bond acceptors (Lipinski definition) is 8. The zero-order valence-corrected chi connectivity index (χ0v) is 23.0. The van der Waals surface area contributed by atoms with E-state index in [-0.39, 0.29) is 24.8 Å². The van der Waals surface area contributed by atoms with Gasteiger partial charge in [-0.05, 0) is 65.8 Å². The molecule has 0 saturated heterocycles. The van der Waals surface area contributed by atoms with Crippen LogP contribution in [-0.2, 0) is 19.1 Å². The highest BCUT2D eigenvalue weighted by molar-refractivity contribution is 6.06. The highest BCUT2D eigenvalue weighted by atomic mass is 16.5. The van der Waals surface area contributed by atoms with Crippen molar-refractivity contribution in [2.75, 3.05) is 23.8 Å². The largest absolute Gasteiger partial charge is 0.466 e. The second-order valence-electron chi connectivity index (χ2n) is 8.85. The standard InChI is InChI=1S/C30H36N4O4/c1-7-37-29(35)17-23-19(3)31-25-13-9-11-15-27(25)33-21(5)24(18-30(36)38-8-2)22(6)34-28-16-12-10-14-26(28)32-20(23)4/h9-16,31,34H,7-8,17-18H2,1-6H3/b23-19-,24-22-,32-20?,33-21?. The van der Waals surface area contributed by atoms with Gasteiger partial charge in [-0.3, -0.25) is 19.6 Å². The SMILES string of the molecule is CCOC(=O)C/C1=C(\C)Nc2ccccc2N=C(C)/C(CC(=O)OCC)=C(/C)Nc2ccccc2N=C1C. The number of anilines is 2. The highest BCUT2D eigenvalue weighted by Crippen LogP contribution is 2.32. The predicted octanol–water partition coefficient (Wildman–Crippen LogP) is 6.86. The number of nitrogens with zero attached hydrogens (tertiary/aromatic N) is 2. The number of allylic oxidation sites excluding steroid dienone is 2. The molecule has 200 valence electrons. The summed E-state index contributed by atoms with van der Waals surface area (Å²) in [6.45, 7) is 11.8. The van der Waals surface area contributed by atoms with Crippen LogP contribution in [0.2, 0.25) is 0 Å². The molecule has 0 spiro atoms. The lowest BCUT2D eigenvalue weighted by atomic mass is 10.0. The fraction of sp³-hybridized carbons (Fsp3) is 0.333. The quantitative estimate of drug-likeness (QED) is 0.407. The molecule has 0 fully saturated rings. The lowest BCUT2D eigenvalue weighted by Crippen LogP contribution is -2.15. The Labute approximate surface area is 224 Å². The van der Waals surface area contributed by atoms with Crippen LogP contribution >= 0.6 is 0 Å². The number of benzene rings is 2. The minimum Gasteiger partial charge on any atom is -0.466 e. The lowest BCUT2D eigenvalue weighted by molar-refractivity contribution is -0.143. The summed E-state index contributed by atoms with van der Waals surface area (Å²) in [4.78, 5) is 34.8. The highest BCUT2D eigenvalue weighted by Gasteiger charge is 2.18. The molecule has 2 aromatic rings. The first kappa shape index (κ1) is 28.4. The molecule has 0 radical (unpaired) electrons. The fourth-order valence-electron chi connectivity index (χ4n) is 4.18. The van der Waals surface area contributed by atoms with E-state index in [1.165, 1.54) is 0 Å². The van der Waals surface area contributed by atoms with Crippen molar-refractivity contribution in [1.82, 2.24) is 0 Å². The Hall–Kier alpha value is -4.20. The third-order valence-corrected chi connectivity index (χ3v) is 6.06. The topological polar surface area (TPSA) is 101 Å². The van der Waals surface area contributed by atoms with E-state index in [9.17, 15) is 9.59 Å². The van der Waals surface area contributed by atoms with Crippen LogP contribution in [-0.4, -0.2) is 36.6 Å². The number of rotatable bonds is 6. The summed E-state index contributed by atoms with van der Waals surface area (Å²) in [7, 11) is 0. The molecule has 1 aliphatic rings. The van der Waals surface area contributed by atoms with Gasteiger partial charge in [-0.15, -0.1) is 0 Å². The number of nitrogens with one attached hydrogen (secondary N) is 2. The molecule has 0 amide bonds. The number of hydrogen-bond donors (Lipinski definition) is 2. The van der Waals surface area contributed by atoms with E-state index in [2.05, 4.69) is 10.6 Å². The van der Waals surface area contributed by atoms with Crippen molar-refractivity contribution >= 4 is 46.1 Å². The molecule has 0 aromatic heterocycles. The molecule has 0 aliphatic carbocycles. The van der Waals surface area contributed by atoms with Gasteiger partial charge >= 0.3 is 11.9 Å². The Morgan fingerprint density at radius 2 is 1.03 bits per heavy atom. The summed E-state index contributed by atoms with van der Waals surface area (Å²) in [6.07, 6.45) is 0.148. The molecule has 0 unspecified atom stereocenters. The Morgan fingerprint density at radius 1 is 0.658 bits per heavy atom. The van der Waals surface area contributed by atoms with Crippen molar-refractivity contribution in [2.24, 2.45) is 9.98 Å². The smallest absolute Gasteiger partial charge is 0.310 e. The first-order valence-electron chi connectivity index (χ1n) is 12.8. The van der Waals surface area contributed by atoms with E-state index in [4.69, 9.17) is 19.5 Å². The molecule has 8 heteroatoms. The maximum atomic E-state index is 12.5. The lowest BCUT2D eigenvalue weighted by Gasteiger charge is -2.19. The van der Waals surface area contributed by atoms with Gasteiger partial charge in [0.15, 0.2) is 0 Å². The Bertz CT molecular complexity index is 1220. The summed E-state index contributed by atoms with van der Waals surface area (Å²) in [6, 6.07) is 15.3. The average Bonchev–Trinajstić information content (AvgIpc) is 2.87. The third-order valence-electron chi connectivity index (χ3n) is 6.06. The maximum Gasteiger partial charge on any atom is 0.310 e. The normalized spacial score (nSPS) is 17.9. The van der Waals surface area contributed by atoms with Crippen molar-refractivity contribution in [2.45, 2.75) is 54.4 Å². The van der Waals surface area contributed by atoms with Crippen LogP contribution in [0.5, 0.6) is 0 Å². The summed E-state index contributed by atoms with van der Waals surface area (Å²) in [5.74, 6) is -0.648. The molecular formula is C30H36N4O4. The van der Waals surface area contributed by atoms with E-state index < -0.39 is 0 Å². The molecule has 3 rings (SSSR count). The zero-order chi connectivity index (χ0) is 27.7. The molecule has 38 heavy (non-hydrogen) atoms. The Kier molecular flexibility index (Phi) is 9.99. The molecule has 0 atom stereocenters. The zero-order valence-electron chi connectivity index (χ0n) is 23.0. The van der Waals surface area contributed by atoms with Gasteiger partial charge in [0.2, 0.25) is 0 Å². The van der Waals surface area contributed by atoms with Gasteiger partial charge in [0, 0.05) is 34.0 Å². The second kappa shape index (κ2) is 13.4. The van der Waals surface area contributed by atoms with Gasteiger partial charge in [0.25, 0.3) is 0 Å². The third kappa shape index (κ3) is 7.41. The number of aliphatic imine (C=N–C) groups is 2. The maximum absolute atomic E-state index is 12.5. The first-order chi connectivity index (χ1) is 18.2. The fourth-order valence-corrected chi connectivity index (χ4v) is 4.18. The van der Waals surface area contributed by atoms with Crippen molar-refractivity contribution in [3.8, 4) is 0 Å². The molecule has 8 nitrogen and oxygen atoms in total. The number of ether oxygens (including phenoxy) is 2. The van der Waals surface area contributed by atoms with Crippen LogP contribution in [0.25, 0.3) is 0 Å². The monoisotopic (exact) mass is 516 g/mol. The van der Waals surface area contributed by atoms with Crippen LogP contribution in [0.4, 0.5) is 22.7 Å². The first-order valence-corrected chi connectivity index (χ1v) is 12.8. The van der Waals surface area contributed by atoms with Crippen LogP contribution in [0.1, 0.15) is 54.4 Å². The Balaban J connectivity index is 2.25. The predicted molar refractivity (Wildman–Crippen MR) is 154 cm³/mol. The molecule has 0 saturated carbocycles. The Morgan fingerprint density at radius 3 is 1.39 bits per heavy atom. The van der Waals surface area contributed by atoms with Crippen molar-refractivity contribution in [3.63, 3.8) is 0 Å². The summed E-state index contributed by atoms with van der Waals surface area (Å²) in [5.41, 5.74) is 7.28. The number of esters is 2. The molecule has 2 N–H and O–H groups in total. The van der Waals surface area contributed by atoms with Crippen LogP contribution in [0, 0.1) is 0 Å². The van der Waals surface area contributed by atoms with Crippen molar-refractivity contribution < 1.29 is 19.1 Å². The minimum absolute atomic E-state index is 0.0741. The van der Waals surface area contributed by atoms with Gasteiger partial charge in [-0.25, -0.2) is 0 Å². The molecular weight excluding hydrogens is 480 g/mol. The van der Waals surface area contributed by atoms with Crippen LogP contribution in [0.15, 0.2) is 81.1 Å². The van der Waals surface area contributed by atoms with Gasteiger partial charge < -0.3 is 20.1 Å². The van der Waals surface area contributed by atoms with Crippen LogP contribution < -0.4 is 10.6 Å². The molecule has 0 bridgehead atoms. The number of para-hydroxylation sites is 4. The molecule has 1 heterocycles. The summed E-state index contributed by atoms with van der Waals surface area (Å²) in [5, 5.41) is 6.87. The second-order valence-corrected chi connectivity index (χ2v) is 8.85. The van der Waals surface area contributed by atoms with Gasteiger partial charge in [-0.2, -0.15) is 0 Å². The van der Waals surface area contributed by atoms with Crippen molar-refractivity contribution in [1.29, 1.82) is 0 Å². The van der Waals surface area contributed by atoms with E-state index in [1.54, 1.807) is 13.8 Å². The summed E-state index contributed by atoms with van der Waals surface area (Å²) < 4.78 is 10.5. The van der Waals surface area contributed by atoms with E-state index in [1.807, 2.05) is 76.2 Å². The number of carbonyl (C=O) groups is 2. The van der Waals surface area contributed by atoms with Crippen LogP contribution in [0.3, 0.4) is 0 Å². The van der Waals surface area contributed by atoms with E-state index >= 15 is 0 Å². The van der Waals surface area contributed by atoms with Crippen molar-refractivity contribution in [3.05, 3.63) is 71.1 Å². The minimum atomic E-state index is -0.324. The molecule has 1 aliphatic heterocycles. The average molecular weight is 517 g/mol. The molecule has 2 aromatic carbocycles.